The monoisotopic (exact) mass is 357 g/mol. The van der Waals surface area contributed by atoms with E-state index in [0.717, 1.165) is 0 Å². The molecule has 0 saturated carbocycles. The van der Waals surface area contributed by atoms with E-state index in [1.165, 1.54) is 0 Å². The van der Waals surface area contributed by atoms with Crippen molar-refractivity contribution in [2.24, 2.45) is 5.73 Å². The van der Waals surface area contributed by atoms with Gasteiger partial charge in [-0.2, -0.15) is 0 Å². The quantitative estimate of drug-likeness (QED) is 0.210. The van der Waals surface area contributed by atoms with Crippen molar-refractivity contribution >= 4 is 0 Å². The Kier molecular flexibility index (Phi) is 6.12. The molecule has 2 unspecified atom stereocenters. The molecule has 24 heavy (non-hydrogen) atoms. The van der Waals surface area contributed by atoms with Crippen LogP contribution in [0.5, 0.6) is 0 Å². The van der Waals surface area contributed by atoms with E-state index in [0.29, 0.717) is 0 Å². The van der Waals surface area contributed by atoms with E-state index in [1.807, 2.05) is 0 Å². The van der Waals surface area contributed by atoms with Gasteiger partial charge in [0.15, 0.2) is 12.5 Å². The minimum Gasteiger partial charge on any atom is -0.394 e. The third-order valence-corrected chi connectivity index (χ3v) is 4.18. The molecule has 0 aromatic heterocycles. The molecule has 0 aromatic carbocycles. The lowest BCUT2D eigenvalue weighted by Crippen LogP contribution is -2.61. The number of aliphatic hydroxyl groups is 8. The van der Waals surface area contributed by atoms with Crippen molar-refractivity contribution in [1.82, 2.24) is 0 Å². The van der Waals surface area contributed by atoms with E-state index in [4.69, 9.17) is 25.1 Å². The summed E-state index contributed by atoms with van der Waals surface area (Å²) in [5.41, 5.74) is 5.14. The number of rotatable bonds is 5. The third kappa shape index (κ3) is 3.29. The molecule has 0 bridgehead atoms. The van der Waals surface area contributed by atoms with Gasteiger partial charge in [-0.1, -0.05) is 0 Å². The number of ether oxygens (including phenoxy) is 3. The summed E-state index contributed by atoms with van der Waals surface area (Å²) in [5, 5.41) is 77.1. The van der Waals surface area contributed by atoms with Gasteiger partial charge in [-0.15, -0.1) is 0 Å². The van der Waals surface area contributed by atoms with Gasteiger partial charge >= 0.3 is 0 Å². The fraction of sp³-hybridized carbons (Fsp3) is 1.00. The Morgan fingerprint density at radius 2 is 1.58 bits per heavy atom. The van der Waals surface area contributed by atoms with Crippen molar-refractivity contribution in [2.75, 3.05) is 13.2 Å². The predicted octanol–water partition coefficient (Wildman–Crippen LogP) is -6.11. The first-order chi connectivity index (χ1) is 11.2. The summed E-state index contributed by atoms with van der Waals surface area (Å²) >= 11 is 0. The number of nitrogens with two attached hydrogens (primary N) is 1. The molecule has 10 N–H and O–H groups in total. The van der Waals surface area contributed by atoms with Crippen LogP contribution >= 0.6 is 0 Å². The second-order valence-electron chi connectivity index (χ2n) is 5.78. The lowest BCUT2D eigenvalue weighted by Gasteiger charge is -2.41. The second-order valence-corrected chi connectivity index (χ2v) is 5.78. The topological polar surface area (TPSA) is 216 Å². The third-order valence-electron chi connectivity index (χ3n) is 4.18. The van der Waals surface area contributed by atoms with Crippen molar-refractivity contribution in [1.29, 1.82) is 0 Å². The van der Waals surface area contributed by atoms with Gasteiger partial charge in [-0.3, -0.25) is 0 Å². The molecule has 2 heterocycles. The molecule has 0 amide bonds. The smallest absolute Gasteiger partial charge is 0.235 e. The van der Waals surface area contributed by atoms with E-state index in [9.17, 15) is 35.7 Å². The molecule has 12 heteroatoms. The Morgan fingerprint density at radius 3 is 2.08 bits per heavy atom. The number of hydrogen-bond acceptors (Lipinski definition) is 12. The highest BCUT2D eigenvalue weighted by atomic mass is 16.7. The van der Waals surface area contributed by atoms with Gasteiger partial charge < -0.3 is 60.8 Å². The Balaban J connectivity index is 2.16. The molecule has 12 nitrogen and oxygen atoms in total. The average molecular weight is 357 g/mol. The Bertz CT molecular complexity index is 424. The lowest BCUT2D eigenvalue weighted by molar-refractivity contribution is -0.319. The Morgan fingerprint density at radius 1 is 1.00 bits per heavy atom. The zero-order valence-corrected chi connectivity index (χ0v) is 12.5. The molecule has 0 radical (unpaired) electrons. The van der Waals surface area contributed by atoms with Crippen molar-refractivity contribution in [3.63, 3.8) is 0 Å². The van der Waals surface area contributed by atoms with Crippen LogP contribution in [0.2, 0.25) is 0 Å². The molecule has 2 rings (SSSR count). The van der Waals surface area contributed by atoms with Crippen molar-refractivity contribution in [3.05, 3.63) is 0 Å². The summed E-state index contributed by atoms with van der Waals surface area (Å²) in [7, 11) is 0. The maximum absolute atomic E-state index is 10.1. The molecule has 10 atom stereocenters. The zero-order valence-electron chi connectivity index (χ0n) is 12.5. The first-order valence-electron chi connectivity index (χ1n) is 7.26. The van der Waals surface area contributed by atoms with Crippen LogP contribution in [0.25, 0.3) is 0 Å². The first-order valence-corrected chi connectivity index (χ1v) is 7.26. The van der Waals surface area contributed by atoms with Gasteiger partial charge in [0, 0.05) is 0 Å². The van der Waals surface area contributed by atoms with Crippen LogP contribution in [0, 0.1) is 0 Å². The number of hydrogen-bond donors (Lipinski definition) is 9. The highest BCUT2D eigenvalue weighted by Crippen LogP contribution is 2.34. The first kappa shape index (κ1) is 19.8. The summed E-state index contributed by atoms with van der Waals surface area (Å²) < 4.78 is 15.3. The molecule has 0 spiro atoms. The standard InChI is InChI=1S/C12H23NO11/c13-11(20)12(21)9(19)8(4(2-15)24-12)23-10-7(18)6(17)5(16)3(1-14)22-10/h3-11,14-21H,1-2,13H2/t3-,4-,5+,6+,7-,8-,9+,10?,11?,12+/m1/s1. The van der Waals surface area contributed by atoms with Crippen LogP contribution < -0.4 is 5.73 Å². The molecule has 2 fully saturated rings. The van der Waals surface area contributed by atoms with E-state index < -0.39 is 74.2 Å². The average Bonchev–Trinajstić information content (AvgIpc) is 2.80. The van der Waals surface area contributed by atoms with Gasteiger partial charge in [-0.25, -0.2) is 0 Å². The van der Waals surface area contributed by atoms with Crippen LogP contribution in [-0.2, 0) is 14.2 Å². The van der Waals surface area contributed by atoms with Crippen LogP contribution in [-0.4, -0.2) is 115 Å². The normalized spacial score (nSPS) is 50.9. The maximum Gasteiger partial charge on any atom is 0.235 e. The van der Waals surface area contributed by atoms with E-state index >= 15 is 0 Å². The zero-order chi connectivity index (χ0) is 18.2. The largest absolute Gasteiger partial charge is 0.394 e. The SMILES string of the molecule is NC(O)[C@@]1(O)O[C@H](CO)[C@@H](OC2O[C@H](CO)[C@H](O)[C@H](O)[C@H]2O)[C@@H]1O. The molecule has 2 saturated heterocycles. The fourth-order valence-corrected chi connectivity index (χ4v) is 2.70. The summed E-state index contributed by atoms with van der Waals surface area (Å²) in [4.78, 5) is 0. The predicted molar refractivity (Wildman–Crippen MR) is 71.7 cm³/mol. The highest BCUT2D eigenvalue weighted by Gasteiger charge is 2.59. The van der Waals surface area contributed by atoms with Crippen molar-refractivity contribution in [3.8, 4) is 0 Å². The van der Waals surface area contributed by atoms with Crippen molar-refractivity contribution in [2.45, 2.75) is 61.0 Å². The lowest BCUT2D eigenvalue weighted by atomic mass is 9.98. The molecular formula is C12H23NO11. The van der Waals surface area contributed by atoms with Gasteiger partial charge in [0.05, 0.1) is 13.2 Å². The highest BCUT2D eigenvalue weighted by molar-refractivity contribution is 5.00. The molecule has 2 aliphatic rings. The second kappa shape index (κ2) is 7.41. The van der Waals surface area contributed by atoms with Gasteiger partial charge in [0.25, 0.3) is 0 Å². The summed E-state index contributed by atoms with van der Waals surface area (Å²) in [5.74, 6) is -2.63. The molecule has 142 valence electrons. The minimum absolute atomic E-state index is 0.691. The minimum atomic E-state index is -2.63. The molecule has 0 aromatic rings. The van der Waals surface area contributed by atoms with Crippen LogP contribution in [0.15, 0.2) is 0 Å². The van der Waals surface area contributed by atoms with Gasteiger partial charge in [-0.05, 0) is 0 Å². The number of aliphatic hydroxyl groups excluding tert-OH is 7. The Labute approximate surface area is 136 Å². The van der Waals surface area contributed by atoms with E-state index in [-0.39, 0.29) is 0 Å². The summed E-state index contributed by atoms with van der Waals surface area (Å²) in [6, 6.07) is 0. The van der Waals surface area contributed by atoms with Crippen molar-refractivity contribution < 1.29 is 55.1 Å². The van der Waals surface area contributed by atoms with Crippen LogP contribution in [0.1, 0.15) is 0 Å². The van der Waals surface area contributed by atoms with Crippen LogP contribution in [0.4, 0.5) is 0 Å². The molecule has 2 aliphatic heterocycles. The maximum atomic E-state index is 10.1. The summed E-state index contributed by atoms with van der Waals surface area (Å²) in [6.45, 7) is -1.43. The van der Waals surface area contributed by atoms with Gasteiger partial charge in [0.1, 0.15) is 42.7 Å². The van der Waals surface area contributed by atoms with Crippen LogP contribution in [0.3, 0.4) is 0 Å². The fourth-order valence-electron chi connectivity index (χ4n) is 2.70. The molecule has 0 aliphatic carbocycles. The van der Waals surface area contributed by atoms with Gasteiger partial charge in [0.2, 0.25) is 5.79 Å². The van der Waals surface area contributed by atoms with E-state index in [2.05, 4.69) is 0 Å². The van der Waals surface area contributed by atoms with E-state index in [1.54, 1.807) is 0 Å². The Hall–Kier alpha value is -0.480. The molecular weight excluding hydrogens is 334 g/mol. The summed E-state index contributed by atoms with van der Waals surface area (Å²) in [6.07, 6.45) is -14.7.